The highest BCUT2D eigenvalue weighted by atomic mass is 35.5. The molecule has 2 atom stereocenters. The van der Waals surface area contributed by atoms with Gasteiger partial charge in [0.2, 0.25) is 11.8 Å². The van der Waals surface area contributed by atoms with E-state index in [1.807, 2.05) is 0 Å². The van der Waals surface area contributed by atoms with Crippen molar-refractivity contribution in [3.8, 4) is 0 Å². The van der Waals surface area contributed by atoms with E-state index in [0.29, 0.717) is 23.7 Å². The Balaban J connectivity index is 1.78. The Bertz CT molecular complexity index is 487. The van der Waals surface area contributed by atoms with Gasteiger partial charge in [-0.3, -0.25) is 9.59 Å². The van der Waals surface area contributed by atoms with Gasteiger partial charge in [0, 0.05) is 17.3 Å². The third-order valence-corrected chi connectivity index (χ3v) is 3.66. The van der Waals surface area contributed by atoms with Gasteiger partial charge in [0.1, 0.15) is 0 Å². The Kier molecular flexibility index (Phi) is 5.01. The molecule has 5 heteroatoms. The molecule has 0 radical (unpaired) electrons. The van der Waals surface area contributed by atoms with Gasteiger partial charge in [-0.05, 0) is 37.1 Å². The minimum atomic E-state index is -0.202. The van der Waals surface area contributed by atoms with Crippen LogP contribution < -0.4 is 10.6 Å². The highest BCUT2D eigenvalue weighted by molar-refractivity contribution is 6.30. The number of rotatable bonds is 6. The maximum atomic E-state index is 12.0. The largest absolute Gasteiger partial charge is 0.356 e. The van der Waals surface area contributed by atoms with Gasteiger partial charge in [0.05, 0.1) is 11.8 Å². The lowest BCUT2D eigenvalue weighted by molar-refractivity contribution is -0.125. The fraction of sp³-hybridized carbons (Fsp3) is 0.467. The minimum Gasteiger partial charge on any atom is -0.356 e. The Hall–Kier alpha value is -1.55. The molecule has 2 unspecified atom stereocenters. The number of carbonyl (C=O) groups is 2. The van der Waals surface area contributed by atoms with E-state index < -0.39 is 0 Å². The second-order valence-corrected chi connectivity index (χ2v) is 5.53. The van der Waals surface area contributed by atoms with E-state index in [0.717, 1.165) is 12.8 Å². The Morgan fingerprint density at radius 3 is 2.50 bits per heavy atom. The number of halogens is 1. The van der Waals surface area contributed by atoms with Crippen LogP contribution in [-0.2, 0) is 9.59 Å². The third-order valence-electron chi connectivity index (χ3n) is 3.41. The zero-order valence-corrected chi connectivity index (χ0v) is 12.2. The number of anilines is 1. The second kappa shape index (κ2) is 6.75. The molecule has 1 fully saturated rings. The van der Waals surface area contributed by atoms with Gasteiger partial charge in [-0.2, -0.15) is 0 Å². The number of carbonyl (C=O) groups excluding carboxylic acids is 2. The quantitative estimate of drug-likeness (QED) is 0.793. The van der Waals surface area contributed by atoms with Crippen LogP contribution in [0.3, 0.4) is 0 Å². The van der Waals surface area contributed by atoms with Crippen molar-refractivity contribution in [2.24, 2.45) is 11.8 Å². The van der Waals surface area contributed by atoms with E-state index in [4.69, 9.17) is 11.6 Å². The first-order valence-corrected chi connectivity index (χ1v) is 7.33. The summed E-state index contributed by atoms with van der Waals surface area (Å²) in [4.78, 5) is 23.8. The summed E-state index contributed by atoms with van der Waals surface area (Å²) < 4.78 is 0. The average molecular weight is 295 g/mol. The summed E-state index contributed by atoms with van der Waals surface area (Å²) in [5, 5.41) is 6.30. The van der Waals surface area contributed by atoms with Gasteiger partial charge in [0.25, 0.3) is 0 Å². The van der Waals surface area contributed by atoms with E-state index >= 15 is 0 Å². The van der Waals surface area contributed by atoms with Crippen molar-refractivity contribution in [1.29, 1.82) is 0 Å². The lowest BCUT2D eigenvalue weighted by atomic mass is 10.2. The molecule has 0 bridgehead atoms. The summed E-state index contributed by atoms with van der Waals surface area (Å²) in [5.74, 6) is -0.468. The van der Waals surface area contributed by atoms with Crippen LogP contribution in [0.4, 0.5) is 5.69 Å². The lowest BCUT2D eigenvalue weighted by Crippen LogP contribution is -2.28. The van der Waals surface area contributed by atoms with Gasteiger partial charge in [-0.15, -0.1) is 0 Å². The predicted octanol–water partition coefficient (Wildman–Crippen LogP) is 2.83. The number of hydrogen-bond donors (Lipinski definition) is 2. The average Bonchev–Trinajstić information content (AvgIpc) is 3.22. The molecule has 1 aliphatic rings. The van der Waals surface area contributed by atoms with E-state index in [1.165, 1.54) is 0 Å². The topological polar surface area (TPSA) is 58.2 Å². The summed E-state index contributed by atoms with van der Waals surface area (Å²) in [7, 11) is 0. The van der Waals surface area contributed by atoms with E-state index in [9.17, 15) is 9.59 Å². The summed E-state index contributed by atoms with van der Waals surface area (Å²) in [6.45, 7) is 2.77. The van der Waals surface area contributed by atoms with E-state index in [1.54, 1.807) is 24.3 Å². The summed E-state index contributed by atoms with van der Waals surface area (Å²) in [5.41, 5.74) is 0.705. The zero-order valence-electron chi connectivity index (χ0n) is 11.5. The van der Waals surface area contributed by atoms with Crippen molar-refractivity contribution in [2.45, 2.75) is 26.2 Å². The van der Waals surface area contributed by atoms with Crippen LogP contribution in [0.2, 0.25) is 5.02 Å². The molecule has 1 saturated carbocycles. The van der Waals surface area contributed by atoms with E-state index in [-0.39, 0.29) is 23.7 Å². The molecule has 1 aromatic rings. The van der Waals surface area contributed by atoms with Crippen molar-refractivity contribution in [1.82, 2.24) is 5.32 Å². The summed E-state index contributed by atoms with van der Waals surface area (Å²) in [6.07, 6.45) is 2.66. The van der Waals surface area contributed by atoms with Crippen LogP contribution in [0.15, 0.2) is 24.3 Å². The van der Waals surface area contributed by atoms with Gasteiger partial charge < -0.3 is 10.6 Å². The number of amides is 2. The predicted molar refractivity (Wildman–Crippen MR) is 79.6 cm³/mol. The molecule has 4 nitrogen and oxygen atoms in total. The normalized spacial score (nSPS) is 20.3. The Morgan fingerprint density at radius 2 is 1.85 bits per heavy atom. The second-order valence-electron chi connectivity index (χ2n) is 5.09. The minimum absolute atomic E-state index is 0.00490. The van der Waals surface area contributed by atoms with Crippen molar-refractivity contribution in [2.75, 3.05) is 11.9 Å². The Labute approximate surface area is 123 Å². The molecule has 0 saturated heterocycles. The first-order chi connectivity index (χ1) is 9.61. The van der Waals surface area contributed by atoms with E-state index in [2.05, 4.69) is 17.6 Å². The molecule has 0 heterocycles. The fourth-order valence-corrected chi connectivity index (χ4v) is 2.19. The highest BCUT2D eigenvalue weighted by Gasteiger charge is 2.47. The molecule has 2 N–H and O–H groups in total. The number of unbranched alkanes of at least 4 members (excludes halogenated alkanes) is 1. The maximum Gasteiger partial charge on any atom is 0.228 e. The zero-order chi connectivity index (χ0) is 14.5. The molecule has 0 aromatic heterocycles. The number of benzene rings is 1. The van der Waals surface area contributed by atoms with Crippen molar-refractivity contribution >= 4 is 29.1 Å². The highest BCUT2D eigenvalue weighted by Crippen LogP contribution is 2.39. The summed E-state index contributed by atoms with van der Waals surface area (Å²) in [6, 6.07) is 6.94. The molecular weight excluding hydrogens is 276 g/mol. The molecule has 2 amide bonds. The van der Waals surface area contributed by atoms with Gasteiger partial charge in [-0.25, -0.2) is 0 Å². The van der Waals surface area contributed by atoms with Crippen LogP contribution >= 0.6 is 11.6 Å². The molecule has 108 valence electrons. The first-order valence-electron chi connectivity index (χ1n) is 6.96. The molecule has 20 heavy (non-hydrogen) atoms. The van der Waals surface area contributed by atoms with Crippen LogP contribution in [-0.4, -0.2) is 18.4 Å². The number of hydrogen-bond acceptors (Lipinski definition) is 2. The SMILES string of the molecule is CCCCNC(=O)C1CC1C(=O)Nc1ccc(Cl)cc1. The molecule has 1 aromatic carbocycles. The monoisotopic (exact) mass is 294 g/mol. The van der Waals surface area contributed by atoms with Crippen molar-refractivity contribution in [3.05, 3.63) is 29.3 Å². The van der Waals surface area contributed by atoms with Crippen LogP contribution in [0.5, 0.6) is 0 Å². The molecule has 2 rings (SSSR count). The number of nitrogens with one attached hydrogen (secondary N) is 2. The third kappa shape index (κ3) is 3.97. The summed E-state index contributed by atoms with van der Waals surface area (Å²) >= 11 is 5.78. The fourth-order valence-electron chi connectivity index (χ4n) is 2.06. The maximum absolute atomic E-state index is 12.0. The van der Waals surface area contributed by atoms with Gasteiger partial charge >= 0.3 is 0 Å². The first kappa shape index (κ1) is 14.9. The van der Waals surface area contributed by atoms with Crippen LogP contribution in [0, 0.1) is 11.8 Å². The van der Waals surface area contributed by atoms with Crippen LogP contribution in [0.1, 0.15) is 26.2 Å². The Morgan fingerprint density at radius 1 is 1.20 bits per heavy atom. The van der Waals surface area contributed by atoms with Crippen LogP contribution in [0.25, 0.3) is 0 Å². The van der Waals surface area contributed by atoms with Crippen molar-refractivity contribution in [3.63, 3.8) is 0 Å². The van der Waals surface area contributed by atoms with Gasteiger partial charge in [-0.1, -0.05) is 24.9 Å². The van der Waals surface area contributed by atoms with Gasteiger partial charge in [0.15, 0.2) is 0 Å². The smallest absolute Gasteiger partial charge is 0.228 e. The lowest BCUT2D eigenvalue weighted by Gasteiger charge is -2.05. The standard InChI is InChI=1S/C15H19ClN2O2/c1-2-3-8-17-14(19)12-9-13(12)15(20)18-11-6-4-10(16)5-7-11/h4-7,12-13H,2-3,8-9H2,1H3,(H,17,19)(H,18,20). The van der Waals surface area contributed by atoms with Crippen molar-refractivity contribution < 1.29 is 9.59 Å². The molecular formula is C15H19ClN2O2. The molecule has 0 spiro atoms. The molecule has 1 aliphatic carbocycles. The molecule has 0 aliphatic heterocycles.